The monoisotopic (exact) mass is 840 g/mol. The van der Waals surface area contributed by atoms with E-state index in [1.165, 1.54) is 11.0 Å². The van der Waals surface area contributed by atoms with Crippen molar-refractivity contribution >= 4 is 45.4 Å². The fourth-order valence-corrected chi connectivity index (χ4v) is 8.72. The number of ether oxygens (including phenoxy) is 1. The highest BCUT2D eigenvalue weighted by Gasteiger charge is 2.28. The van der Waals surface area contributed by atoms with Gasteiger partial charge in [-0.3, -0.25) is 14.5 Å². The number of pyridine rings is 1. The van der Waals surface area contributed by atoms with Crippen molar-refractivity contribution < 1.29 is 28.6 Å². The Bertz CT molecular complexity index is 2620. The number of piperazine rings is 1. The molecule has 2 aliphatic heterocycles. The van der Waals surface area contributed by atoms with E-state index in [9.17, 15) is 19.5 Å². The van der Waals surface area contributed by atoms with Crippen LogP contribution in [0, 0.1) is 5.82 Å². The lowest BCUT2D eigenvalue weighted by Crippen LogP contribution is -2.53. The summed E-state index contributed by atoms with van der Waals surface area (Å²) < 4.78 is 22.9. The number of carbonyl (C=O) groups is 3. The molecule has 2 aliphatic rings. The van der Waals surface area contributed by atoms with Gasteiger partial charge in [-0.15, -0.1) is 0 Å². The molecule has 0 aliphatic carbocycles. The number of carbonyl (C=O) groups excluding carboxylic acids is 2. The third-order valence-electron chi connectivity index (χ3n) is 12.1. The van der Waals surface area contributed by atoms with Gasteiger partial charge in [0.2, 0.25) is 0 Å². The van der Waals surface area contributed by atoms with Gasteiger partial charge in [0.15, 0.2) is 5.65 Å². The van der Waals surface area contributed by atoms with Crippen LogP contribution in [0.5, 0.6) is 0 Å². The Kier molecular flexibility index (Phi) is 12.8. The van der Waals surface area contributed by atoms with Crippen molar-refractivity contribution in [2.24, 2.45) is 0 Å². The highest BCUT2D eigenvalue weighted by atomic mass is 19.1. The number of amides is 3. The lowest BCUT2D eigenvalue weighted by molar-refractivity contribution is 0.0711. The first kappa shape index (κ1) is 42.3. The molecule has 4 N–H and O–H groups in total. The number of nitrogens with zero attached hydrogens (tertiary/aromatic N) is 5. The van der Waals surface area contributed by atoms with Crippen molar-refractivity contribution in [3.8, 4) is 11.1 Å². The molecule has 0 unspecified atom stereocenters. The van der Waals surface area contributed by atoms with Gasteiger partial charge < -0.3 is 30.7 Å². The molecule has 0 saturated carbocycles. The highest BCUT2D eigenvalue weighted by molar-refractivity contribution is 6.10. The number of nitrogens with one attached hydrogen (secondary N) is 3. The maximum absolute atomic E-state index is 15.4. The number of benzene rings is 4. The minimum absolute atomic E-state index is 0.101. The predicted octanol–water partition coefficient (Wildman–Crippen LogP) is 7.61. The highest BCUT2D eigenvalue weighted by Crippen LogP contribution is 2.32. The molecule has 0 bridgehead atoms. The summed E-state index contributed by atoms with van der Waals surface area (Å²) in [6, 6.07) is 23.6. The van der Waals surface area contributed by atoms with Crippen LogP contribution in [0.4, 0.5) is 14.9 Å². The molecule has 0 spiro atoms. The van der Waals surface area contributed by atoms with Crippen molar-refractivity contribution in [3.05, 3.63) is 124 Å². The normalized spacial score (nSPS) is 16.1. The third-order valence-corrected chi connectivity index (χ3v) is 12.1. The van der Waals surface area contributed by atoms with Crippen LogP contribution in [0.25, 0.3) is 32.9 Å². The van der Waals surface area contributed by atoms with E-state index >= 15 is 4.39 Å². The molecule has 13 nitrogen and oxygen atoms in total. The quantitative estimate of drug-likeness (QED) is 0.0921. The summed E-state index contributed by atoms with van der Waals surface area (Å²) in [6.07, 6.45) is 3.29. The van der Waals surface area contributed by atoms with Crippen LogP contribution in [0.3, 0.4) is 0 Å². The molecule has 2 fully saturated rings. The van der Waals surface area contributed by atoms with Gasteiger partial charge in [0.05, 0.1) is 28.4 Å². The minimum atomic E-state index is -0.910. The Balaban J connectivity index is 1.01. The first-order chi connectivity index (χ1) is 30.1. The molecule has 0 radical (unpaired) electrons. The first-order valence-corrected chi connectivity index (χ1v) is 21.5. The van der Waals surface area contributed by atoms with Crippen molar-refractivity contribution in [1.29, 1.82) is 0 Å². The second kappa shape index (κ2) is 18.7. The van der Waals surface area contributed by atoms with E-state index in [0.717, 1.165) is 57.2 Å². The summed E-state index contributed by atoms with van der Waals surface area (Å²) >= 11 is 0. The van der Waals surface area contributed by atoms with Crippen molar-refractivity contribution in [3.63, 3.8) is 0 Å². The summed E-state index contributed by atoms with van der Waals surface area (Å²) in [4.78, 5) is 48.6. The van der Waals surface area contributed by atoms with Crippen LogP contribution in [-0.2, 0) is 37.3 Å². The molecule has 1 atom stereocenters. The molecular formula is C48H53FN8O5. The van der Waals surface area contributed by atoms with Gasteiger partial charge in [0.1, 0.15) is 5.82 Å². The van der Waals surface area contributed by atoms with E-state index in [-0.39, 0.29) is 42.1 Å². The number of anilines is 1. The molecule has 2 aromatic heterocycles. The van der Waals surface area contributed by atoms with E-state index < -0.39 is 17.9 Å². The Morgan fingerprint density at radius 2 is 1.60 bits per heavy atom. The number of halogens is 1. The number of aromatic nitrogens is 3. The van der Waals surface area contributed by atoms with Crippen LogP contribution in [0.15, 0.2) is 85.1 Å². The number of rotatable bonds is 13. The van der Waals surface area contributed by atoms with Gasteiger partial charge in [-0.2, -0.15) is 5.10 Å². The molecule has 14 heteroatoms. The molecule has 2 saturated heterocycles. The largest absolute Gasteiger partial charge is 0.465 e. The Morgan fingerprint density at radius 3 is 2.27 bits per heavy atom. The average Bonchev–Trinajstić information content (AvgIpc) is 3.71. The van der Waals surface area contributed by atoms with Gasteiger partial charge in [-0.05, 0) is 90.9 Å². The molecule has 3 amide bonds. The Morgan fingerprint density at radius 1 is 0.871 bits per heavy atom. The minimum Gasteiger partial charge on any atom is -0.465 e. The second-order valence-electron chi connectivity index (χ2n) is 16.2. The standard InChI is InChI=1S/C48H53FN8O5/c1-4-43-40(44(53-36-15-19-62-20-16-36)41-27-52-57(5-2)45(41)54-43)26-51-47(59)39-24-34-11-7-6-10-33(34)23-38(39)46(58)50-25-31-13-14-42(49)37(22-31)35-12-8-9-32(21-35)29-55-17-18-56(48(60)61)30(3)28-55/h6-14,21-24,27,30,36H,4-5,15-20,25-26,28-29H2,1-3H3,(H,50,58)(H,51,59)(H,53,54)(H,60,61)/t30-/m0/s1. The van der Waals surface area contributed by atoms with Crippen molar-refractivity contribution in [1.82, 2.24) is 35.2 Å². The summed E-state index contributed by atoms with van der Waals surface area (Å²) in [7, 11) is 0. The van der Waals surface area contributed by atoms with Crippen LogP contribution < -0.4 is 16.0 Å². The number of aryl methyl sites for hydroxylation is 2. The van der Waals surface area contributed by atoms with E-state index in [2.05, 4.69) is 25.9 Å². The molecule has 8 rings (SSSR count). The molecular weight excluding hydrogens is 788 g/mol. The van der Waals surface area contributed by atoms with Crippen LogP contribution in [0.2, 0.25) is 0 Å². The molecule has 322 valence electrons. The first-order valence-electron chi connectivity index (χ1n) is 21.5. The molecule has 4 aromatic carbocycles. The van der Waals surface area contributed by atoms with Gasteiger partial charge in [-0.25, -0.2) is 18.9 Å². The van der Waals surface area contributed by atoms with Crippen LogP contribution in [0.1, 0.15) is 76.7 Å². The fraction of sp³-hybridized carbons (Fsp3) is 0.354. The van der Waals surface area contributed by atoms with Crippen molar-refractivity contribution in [2.75, 3.05) is 38.2 Å². The maximum Gasteiger partial charge on any atom is 0.407 e. The van der Waals surface area contributed by atoms with Gasteiger partial charge in [-0.1, -0.05) is 55.5 Å². The van der Waals surface area contributed by atoms with Crippen LogP contribution in [-0.4, -0.2) is 92.5 Å². The van der Waals surface area contributed by atoms with E-state index in [4.69, 9.17) is 9.72 Å². The van der Waals surface area contributed by atoms with E-state index in [1.807, 2.05) is 80.2 Å². The second-order valence-corrected chi connectivity index (χ2v) is 16.2. The maximum atomic E-state index is 15.4. The van der Waals surface area contributed by atoms with Gasteiger partial charge in [0, 0.05) is 87.9 Å². The third kappa shape index (κ3) is 9.12. The lowest BCUT2D eigenvalue weighted by Gasteiger charge is -2.38. The van der Waals surface area contributed by atoms with E-state index in [0.29, 0.717) is 69.0 Å². The molecule has 6 aromatic rings. The smallest absolute Gasteiger partial charge is 0.407 e. The summed E-state index contributed by atoms with van der Waals surface area (Å²) in [5.74, 6) is -1.22. The number of hydrogen-bond donors (Lipinski definition) is 4. The summed E-state index contributed by atoms with van der Waals surface area (Å²) in [5, 5.41) is 26.5. The Labute approximate surface area is 360 Å². The zero-order valence-electron chi connectivity index (χ0n) is 35.4. The van der Waals surface area contributed by atoms with Gasteiger partial charge in [0.25, 0.3) is 11.8 Å². The van der Waals surface area contributed by atoms with E-state index in [1.54, 1.807) is 24.3 Å². The number of carboxylic acid groups (broad SMARTS) is 1. The summed E-state index contributed by atoms with van der Waals surface area (Å²) in [6.45, 7) is 10.5. The summed E-state index contributed by atoms with van der Waals surface area (Å²) in [5.41, 5.74) is 6.69. The number of hydrogen-bond acceptors (Lipinski definition) is 8. The fourth-order valence-electron chi connectivity index (χ4n) is 8.72. The molecule has 62 heavy (non-hydrogen) atoms. The number of fused-ring (bicyclic) bond motifs is 2. The van der Waals surface area contributed by atoms with Crippen LogP contribution >= 0.6 is 0 Å². The molecule has 4 heterocycles. The lowest BCUT2D eigenvalue weighted by atomic mass is 9.98. The average molecular weight is 841 g/mol. The Hall–Kier alpha value is -6.38. The SMILES string of the molecule is CCc1nc2c(cnn2CC)c(NC2CCOCC2)c1CNC(=O)c1cc2ccccc2cc1C(=O)NCc1ccc(F)c(-c2cccc(CN3CCN(C(=O)O)[C@@H](C)C3)c2)c1. The zero-order chi connectivity index (χ0) is 43.3. The zero-order valence-corrected chi connectivity index (χ0v) is 35.4. The van der Waals surface area contributed by atoms with Gasteiger partial charge >= 0.3 is 6.09 Å². The van der Waals surface area contributed by atoms with Crippen molar-refractivity contribution in [2.45, 2.75) is 78.3 Å². The topological polar surface area (TPSA) is 154 Å². The predicted molar refractivity (Wildman–Crippen MR) is 238 cm³/mol.